The number of rotatable bonds is 3. The zero-order valence-electron chi connectivity index (χ0n) is 8.42. The monoisotopic (exact) mass is 167 g/mol. The molecule has 0 amide bonds. The Hall–Kier alpha value is -0.300. The van der Waals surface area contributed by atoms with Crippen molar-refractivity contribution in [3.63, 3.8) is 0 Å². The van der Waals surface area contributed by atoms with Gasteiger partial charge in [-0.3, -0.25) is 4.90 Å². The molecule has 0 heterocycles. The Bertz CT molecular complexity index is 142. The Morgan fingerprint density at radius 3 is 2.83 bits per heavy atom. The summed E-state index contributed by atoms with van der Waals surface area (Å²) in [5.41, 5.74) is 0. The molecule has 0 saturated heterocycles. The molecule has 0 radical (unpaired) electrons. The summed E-state index contributed by atoms with van der Waals surface area (Å²) in [5.74, 6) is 0.927. The van der Waals surface area contributed by atoms with E-state index >= 15 is 0 Å². The third kappa shape index (κ3) is 2.63. The smallest absolute Gasteiger partial charge is 0.0160 e. The first-order valence-corrected chi connectivity index (χ1v) is 5.05. The average molecular weight is 167 g/mol. The Balaban J connectivity index is 2.34. The molecule has 1 aliphatic rings. The van der Waals surface area contributed by atoms with Crippen molar-refractivity contribution in [2.75, 3.05) is 13.6 Å². The number of nitrogens with zero attached hydrogens (tertiary/aromatic N) is 1. The van der Waals surface area contributed by atoms with Gasteiger partial charge in [0.25, 0.3) is 0 Å². The van der Waals surface area contributed by atoms with Gasteiger partial charge in [0.05, 0.1) is 0 Å². The highest BCUT2D eigenvalue weighted by Gasteiger charge is 2.21. The van der Waals surface area contributed by atoms with Crippen molar-refractivity contribution in [2.45, 2.75) is 38.6 Å². The van der Waals surface area contributed by atoms with Gasteiger partial charge in [0.2, 0.25) is 0 Å². The minimum atomic E-state index is 0.812. The SMILES string of the molecule is C=CCN(C)C1CCCC(C)C1. The van der Waals surface area contributed by atoms with Crippen molar-refractivity contribution < 1.29 is 0 Å². The lowest BCUT2D eigenvalue weighted by molar-refractivity contribution is 0.178. The first kappa shape index (κ1) is 9.79. The van der Waals surface area contributed by atoms with Crippen LogP contribution in [-0.2, 0) is 0 Å². The summed E-state index contributed by atoms with van der Waals surface area (Å²) in [7, 11) is 2.21. The lowest BCUT2D eigenvalue weighted by Gasteiger charge is -2.33. The summed E-state index contributed by atoms with van der Waals surface area (Å²) >= 11 is 0. The Morgan fingerprint density at radius 1 is 1.50 bits per heavy atom. The molecule has 0 bridgehead atoms. The molecule has 70 valence electrons. The highest BCUT2D eigenvalue weighted by atomic mass is 15.1. The Kier molecular flexibility index (Phi) is 3.80. The molecule has 1 rings (SSSR count). The van der Waals surface area contributed by atoms with E-state index in [0.717, 1.165) is 18.5 Å². The second-order valence-electron chi connectivity index (χ2n) is 4.15. The molecule has 2 atom stereocenters. The van der Waals surface area contributed by atoms with Gasteiger partial charge >= 0.3 is 0 Å². The van der Waals surface area contributed by atoms with Gasteiger partial charge in [0.15, 0.2) is 0 Å². The lowest BCUT2D eigenvalue weighted by Crippen LogP contribution is -2.35. The van der Waals surface area contributed by atoms with Crippen LogP contribution in [0.2, 0.25) is 0 Å². The van der Waals surface area contributed by atoms with Gasteiger partial charge in [0, 0.05) is 12.6 Å². The van der Waals surface area contributed by atoms with E-state index in [-0.39, 0.29) is 0 Å². The van der Waals surface area contributed by atoms with Crippen LogP contribution in [0.1, 0.15) is 32.6 Å². The van der Waals surface area contributed by atoms with Crippen molar-refractivity contribution in [2.24, 2.45) is 5.92 Å². The van der Waals surface area contributed by atoms with Crippen molar-refractivity contribution in [3.05, 3.63) is 12.7 Å². The molecule has 0 spiro atoms. The van der Waals surface area contributed by atoms with Crippen LogP contribution in [-0.4, -0.2) is 24.5 Å². The third-order valence-electron chi connectivity index (χ3n) is 2.95. The molecular formula is C11H21N. The van der Waals surface area contributed by atoms with Gasteiger partial charge < -0.3 is 0 Å². The molecule has 0 aromatic carbocycles. The van der Waals surface area contributed by atoms with Crippen molar-refractivity contribution in [1.82, 2.24) is 4.90 Å². The molecule has 0 aromatic rings. The molecule has 1 saturated carbocycles. The van der Waals surface area contributed by atoms with Crippen LogP contribution >= 0.6 is 0 Å². The second-order valence-corrected chi connectivity index (χ2v) is 4.15. The van der Waals surface area contributed by atoms with E-state index in [4.69, 9.17) is 0 Å². The van der Waals surface area contributed by atoms with Gasteiger partial charge in [0.1, 0.15) is 0 Å². The summed E-state index contributed by atoms with van der Waals surface area (Å²) in [6, 6.07) is 0.812. The van der Waals surface area contributed by atoms with Crippen LogP contribution in [0.5, 0.6) is 0 Å². The van der Waals surface area contributed by atoms with Crippen LogP contribution in [0, 0.1) is 5.92 Å². The van der Waals surface area contributed by atoms with Crippen molar-refractivity contribution in [1.29, 1.82) is 0 Å². The standard InChI is InChI=1S/C11H21N/c1-4-8-12(3)11-7-5-6-10(2)9-11/h4,10-11H,1,5-9H2,2-3H3. The van der Waals surface area contributed by atoms with Gasteiger partial charge in [-0.15, -0.1) is 6.58 Å². The van der Waals surface area contributed by atoms with E-state index in [0.29, 0.717) is 0 Å². The molecule has 0 aliphatic heterocycles. The first-order valence-electron chi connectivity index (χ1n) is 5.05. The fourth-order valence-electron chi connectivity index (χ4n) is 2.16. The molecular weight excluding hydrogens is 146 g/mol. The molecule has 12 heavy (non-hydrogen) atoms. The van der Waals surface area contributed by atoms with E-state index in [1.54, 1.807) is 0 Å². The lowest BCUT2D eigenvalue weighted by atomic mass is 9.86. The number of likely N-dealkylation sites (N-methyl/N-ethyl adjacent to an activating group) is 1. The van der Waals surface area contributed by atoms with Crippen LogP contribution < -0.4 is 0 Å². The number of hydrogen-bond donors (Lipinski definition) is 0. The number of hydrogen-bond acceptors (Lipinski definition) is 1. The topological polar surface area (TPSA) is 3.24 Å². The van der Waals surface area contributed by atoms with Crippen LogP contribution in [0.4, 0.5) is 0 Å². The molecule has 1 aliphatic carbocycles. The maximum absolute atomic E-state index is 3.77. The summed E-state index contributed by atoms with van der Waals surface area (Å²) < 4.78 is 0. The van der Waals surface area contributed by atoms with E-state index in [1.165, 1.54) is 25.7 Å². The highest BCUT2D eigenvalue weighted by molar-refractivity contribution is 4.81. The summed E-state index contributed by atoms with van der Waals surface area (Å²) in [6.07, 6.45) is 7.60. The molecule has 1 heteroatoms. The van der Waals surface area contributed by atoms with Crippen LogP contribution in [0.3, 0.4) is 0 Å². The fraction of sp³-hybridized carbons (Fsp3) is 0.818. The zero-order chi connectivity index (χ0) is 8.97. The third-order valence-corrected chi connectivity index (χ3v) is 2.95. The largest absolute Gasteiger partial charge is 0.300 e. The van der Waals surface area contributed by atoms with Crippen LogP contribution in [0.25, 0.3) is 0 Å². The fourth-order valence-corrected chi connectivity index (χ4v) is 2.16. The molecule has 1 fully saturated rings. The molecule has 0 aromatic heterocycles. The molecule has 0 N–H and O–H groups in total. The van der Waals surface area contributed by atoms with Crippen molar-refractivity contribution >= 4 is 0 Å². The van der Waals surface area contributed by atoms with Crippen LogP contribution in [0.15, 0.2) is 12.7 Å². The normalized spacial score (nSPS) is 30.6. The predicted molar refractivity (Wildman–Crippen MR) is 54.2 cm³/mol. The Morgan fingerprint density at radius 2 is 2.25 bits per heavy atom. The van der Waals surface area contributed by atoms with Gasteiger partial charge in [-0.1, -0.05) is 25.8 Å². The summed E-state index contributed by atoms with van der Waals surface area (Å²) in [6.45, 7) is 7.18. The van der Waals surface area contributed by atoms with E-state index in [1.807, 2.05) is 6.08 Å². The van der Waals surface area contributed by atoms with Gasteiger partial charge in [-0.25, -0.2) is 0 Å². The Labute approximate surface area is 76.5 Å². The zero-order valence-corrected chi connectivity index (χ0v) is 8.42. The van der Waals surface area contributed by atoms with Gasteiger partial charge in [-0.2, -0.15) is 0 Å². The minimum Gasteiger partial charge on any atom is -0.300 e. The first-order chi connectivity index (χ1) is 5.74. The summed E-state index contributed by atoms with van der Waals surface area (Å²) in [5, 5.41) is 0. The van der Waals surface area contributed by atoms with E-state index < -0.39 is 0 Å². The average Bonchev–Trinajstić information content (AvgIpc) is 2.05. The maximum Gasteiger partial charge on any atom is 0.0160 e. The predicted octanol–water partition coefficient (Wildman–Crippen LogP) is 2.68. The highest BCUT2D eigenvalue weighted by Crippen LogP contribution is 2.26. The van der Waals surface area contributed by atoms with E-state index in [2.05, 4.69) is 25.5 Å². The quantitative estimate of drug-likeness (QED) is 0.584. The second kappa shape index (κ2) is 4.66. The molecule has 2 unspecified atom stereocenters. The molecule has 1 nitrogen and oxygen atoms in total. The maximum atomic E-state index is 3.77. The van der Waals surface area contributed by atoms with E-state index in [9.17, 15) is 0 Å². The minimum absolute atomic E-state index is 0.812. The van der Waals surface area contributed by atoms with Gasteiger partial charge in [-0.05, 0) is 25.8 Å². The summed E-state index contributed by atoms with van der Waals surface area (Å²) in [4.78, 5) is 2.43. The van der Waals surface area contributed by atoms with Crippen molar-refractivity contribution in [3.8, 4) is 0 Å².